The lowest BCUT2D eigenvalue weighted by Crippen LogP contribution is -2.21. The number of benzene rings is 1. The van der Waals surface area contributed by atoms with E-state index in [0.29, 0.717) is 5.56 Å². The summed E-state index contributed by atoms with van der Waals surface area (Å²) in [6, 6.07) is 2.93. The lowest BCUT2D eigenvalue weighted by atomic mass is 10.1. The van der Waals surface area contributed by atoms with Gasteiger partial charge in [0.15, 0.2) is 6.61 Å². The minimum absolute atomic E-state index is 0.127. The van der Waals surface area contributed by atoms with Crippen LogP contribution in [0.5, 0.6) is 0 Å². The van der Waals surface area contributed by atoms with Crippen molar-refractivity contribution in [1.29, 1.82) is 0 Å². The average Bonchev–Trinajstić information content (AvgIpc) is 2.32. The Morgan fingerprint density at radius 3 is 2.53 bits per heavy atom. The molecule has 0 unspecified atom stereocenters. The maximum absolute atomic E-state index is 11.5. The van der Waals surface area contributed by atoms with E-state index < -0.39 is 23.4 Å². The first kappa shape index (κ1) is 14.6. The standard InChI is InChI=1S/C12H14N2O5/c1-7-4-5-10(14(17)18)12(8(7)2)13-11(16)6-19-9(3)15/h4-5H,6H2,1-3H3,(H,13,16). The third-order valence-corrected chi connectivity index (χ3v) is 2.58. The van der Waals surface area contributed by atoms with Crippen molar-refractivity contribution in [1.82, 2.24) is 0 Å². The number of aryl methyl sites for hydroxylation is 1. The lowest BCUT2D eigenvalue weighted by molar-refractivity contribution is -0.384. The van der Waals surface area contributed by atoms with E-state index in [1.807, 2.05) is 0 Å². The van der Waals surface area contributed by atoms with E-state index in [9.17, 15) is 19.7 Å². The van der Waals surface area contributed by atoms with Gasteiger partial charge in [0.1, 0.15) is 5.69 Å². The quantitative estimate of drug-likeness (QED) is 0.508. The Kier molecular flexibility index (Phi) is 4.57. The highest BCUT2D eigenvalue weighted by Gasteiger charge is 2.19. The molecule has 0 aromatic heterocycles. The van der Waals surface area contributed by atoms with Crippen molar-refractivity contribution in [2.75, 3.05) is 11.9 Å². The Balaban J connectivity index is 2.99. The molecule has 1 N–H and O–H groups in total. The van der Waals surface area contributed by atoms with E-state index in [4.69, 9.17) is 0 Å². The molecule has 0 radical (unpaired) electrons. The first-order valence-electron chi connectivity index (χ1n) is 5.50. The molecule has 0 fully saturated rings. The van der Waals surface area contributed by atoms with Crippen LogP contribution in [0.3, 0.4) is 0 Å². The van der Waals surface area contributed by atoms with Gasteiger partial charge in [-0.3, -0.25) is 19.7 Å². The summed E-state index contributed by atoms with van der Waals surface area (Å²) in [7, 11) is 0. The molecule has 7 heteroatoms. The maximum atomic E-state index is 11.5. The lowest BCUT2D eigenvalue weighted by Gasteiger charge is -2.10. The Morgan fingerprint density at radius 1 is 1.37 bits per heavy atom. The largest absolute Gasteiger partial charge is 0.456 e. The molecule has 0 aliphatic carbocycles. The third kappa shape index (κ3) is 3.77. The van der Waals surface area contributed by atoms with Gasteiger partial charge in [-0.05, 0) is 25.0 Å². The third-order valence-electron chi connectivity index (χ3n) is 2.58. The molecule has 0 bridgehead atoms. The smallest absolute Gasteiger partial charge is 0.303 e. The van der Waals surface area contributed by atoms with Gasteiger partial charge in [-0.15, -0.1) is 0 Å². The normalized spacial score (nSPS) is 9.84. The van der Waals surface area contributed by atoms with E-state index in [1.54, 1.807) is 19.9 Å². The number of ether oxygens (including phenoxy) is 1. The topological polar surface area (TPSA) is 98.5 Å². The second-order valence-corrected chi connectivity index (χ2v) is 3.99. The molecule has 0 saturated carbocycles. The van der Waals surface area contributed by atoms with Crippen LogP contribution in [-0.2, 0) is 14.3 Å². The van der Waals surface area contributed by atoms with E-state index in [2.05, 4.69) is 10.1 Å². The number of nitrogens with one attached hydrogen (secondary N) is 1. The van der Waals surface area contributed by atoms with Gasteiger partial charge < -0.3 is 10.1 Å². The van der Waals surface area contributed by atoms with Crippen molar-refractivity contribution >= 4 is 23.3 Å². The molecule has 0 heterocycles. The molecule has 19 heavy (non-hydrogen) atoms. The van der Waals surface area contributed by atoms with Crippen LogP contribution in [0.4, 0.5) is 11.4 Å². The number of hydrogen-bond donors (Lipinski definition) is 1. The average molecular weight is 266 g/mol. The summed E-state index contributed by atoms with van der Waals surface area (Å²) < 4.78 is 4.53. The second-order valence-electron chi connectivity index (χ2n) is 3.99. The fraction of sp³-hybridized carbons (Fsp3) is 0.333. The second kappa shape index (κ2) is 5.94. The molecule has 1 aromatic carbocycles. The van der Waals surface area contributed by atoms with Crippen LogP contribution >= 0.6 is 0 Å². The SMILES string of the molecule is CC(=O)OCC(=O)Nc1c([N+](=O)[O-])ccc(C)c1C. The monoisotopic (exact) mass is 266 g/mol. The first-order chi connectivity index (χ1) is 8.82. The van der Waals surface area contributed by atoms with Gasteiger partial charge in [0, 0.05) is 13.0 Å². The molecule has 0 atom stereocenters. The highest BCUT2D eigenvalue weighted by atomic mass is 16.6. The fourth-order valence-electron chi connectivity index (χ4n) is 1.45. The highest BCUT2D eigenvalue weighted by molar-refractivity contribution is 5.95. The van der Waals surface area contributed by atoms with Crippen molar-refractivity contribution in [2.24, 2.45) is 0 Å². The molecule has 1 amide bonds. The number of amides is 1. The first-order valence-corrected chi connectivity index (χ1v) is 5.50. The van der Waals surface area contributed by atoms with Crippen LogP contribution in [0, 0.1) is 24.0 Å². The van der Waals surface area contributed by atoms with Gasteiger partial charge in [-0.25, -0.2) is 0 Å². The summed E-state index contributed by atoms with van der Waals surface area (Å²) in [5.41, 5.74) is 1.35. The number of anilines is 1. The summed E-state index contributed by atoms with van der Waals surface area (Å²) in [5, 5.41) is 13.3. The molecule has 0 saturated heterocycles. The fourth-order valence-corrected chi connectivity index (χ4v) is 1.45. The van der Waals surface area contributed by atoms with Crippen LogP contribution in [0.2, 0.25) is 0 Å². The number of nitrogens with zero attached hydrogens (tertiary/aromatic N) is 1. The Morgan fingerprint density at radius 2 is 2.00 bits per heavy atom. The van der Waals surface area contributed by atoms with Crippen LogP contribution in [0.15, 0.2) is 12.1 Å². The molecule has 0 spiro atoms. The maximum Gasteiger partial charge on any atom is 0.303 e. The molecule has 1 rings (SSSR count). The molecular formula is C12H14N2O5. The molecule has 0 aliphatic rings. The number of carbonyl (C=O) groups excluding carboxylic acids is 2. The Labute approximate surface area is 109 Å². The van der Waals surface area contributed by atoms with Crippen molar-refractivity contribution in [3.63, 3.8) is 0 Å². The van der Waals surface area contributed by atoms with Crippen LogP contribution < -0.4 is 5.32 Å². The van der Waals surface area contributed by atoms with Gasteiger partial charge in [0.05, 0.1) is 4.92 Å². The van der Waals surface area contributed by atoms with Gasteiger partial charge in [0.2, 0.25) is 0 Å². The number of nitro benzene ring substituents is 1. The molecule has 7 nitrogen and oxygen atoms in total. The van der Waals surface area contributed by atoms with Gasteiger partial charge in [-0.2, -0.15) is 0 Å². The molecule has 102 valence electrons. The van der Waals surface area contributed by atoms with E-state index in [-0.39, 0.29) is 11.4 Å². The van der Waals surface area contributed by atoms with Crippen LogP contribution in [0.25, 0.3) is 0 Å². The van der Waals surface area contributed by atoms with Gasteiger partial charge in [0.25, 0.3) is 11.6 Å². The van der Waals surface area contributed by atoms with Crippen molar-refractivity contribution in [3.05, 3.63) is 33.4 Å². The van der Waals surface area contributed by atoms with E-state index in [0.717, 1.165) is 5.56 Å². The number of esters is 1. The molecule has 0 aliphatic heterocycles. The molecule has 1 aromatic rings. The minimum Gasteiger partial charge on any atom is -0.456 e. The van der Waals surface area contributed by atoms with Crippen LogP contribution in [0.1, 0.15) is 18.1 Å². The number of hydrogen-bond acceptors (Lipinski definition) is 5. The highest BCUT2D eigenvalue weighted by Crippen LogP contribution is 2.30. The van der Waals surface area contributed by atoms with Crippen molar-refractivity contribution in [3.8, 4) is 0 Å². The number of carbonyl (C=O) groups is 2. The number of rotatable bonds is 4. The summed E-state index contributed by atoms with van der Waals surface area (Å²) in [4.78, 5) is 32.5. The van der Waals surface area contributed by atoms with Crippen molar-refractivity contribution in [2.45, 2.75) is 20.8 Å². The van der Waals surface area contributed by atoms with Crippen molar-refractivity contribution < 1.29 is 19.2 Å². The Hall–Kier alpha value is -2.44. The van der Waals surface area contributed by atoms with Gasteiger partial charge >= 0.3 is 5.97 Å². The van der Waals surface area contributed by atoms with Gasteiger partial charge in [-0.1, -0.05) is 6.07 Å². The van der Waals surface area contributed by atoms with E-state index in [1.165, 1.54) is 13.0 Å². The van der Waals surface area contributed by atoms with E-state index >= 15 is 0 Å². The predicted molar refractivity (Wildman–Crippen MR) is 67.8 cm³/mol. The molecular weight excluding hydrogens is 252 g/mol. The summed E-state index contributed by atoms with van der Waals surface area (Å²) >= 11 is 0. The summed E-state index contributed by atoms with van der Waals surface area (Å²) in [6.45, 7) is 4.15. The summed E-state index contributed by atoms with van der Waals surface area (Å²) in [6.07, 6.45) is 0. The zero-order valence-corrected chi connectivity index (χ0v) is 10.9. The summed E-state index contributed by atoms with van der Waals surface area (Å²) in [5.74, 6) is -1.21. The Bertz CT molecular complexity index is 539. The predicted octanol–water partition coefficient (Wildman–Crippen LogP) is 1.71. The zero-order valence-electron chi connectivity index (χ0n) is 10.9. The number of nitro groups is 1. The van der Waals surface area contributed by atoms with Crippen LogP contribution in [-0.4, -0.2) is 23.4 Å². The zero-order chi connectivity index (χ0) is 14.6. The minimum atomic E-state index is -0.619.